The zero-order valence-electron chi connectivity index (χ0n) is 29.3. The lowest BCUT2D eigenvalue weighted by atomic mass is 9.69. The van der Waals surface area contributed by atoms with Crippen LogP contribution in [0, 0.1) is 22.7 Å². The lowest BCUT2D eigenvalue weighted by molar-refractivity contribution is 0.778. The van der Waals surface area contributed by atoms with Gasteiger partial charge in [0.15, 0.2) is 0 Å². The maximum atomic E-state index is 9.87. The summed E-state index contributed by atoms with van der Waals surface area (Å²) in [5.41, 5.74) is 14.6. The average molecular weight is 683 g/mol. The molecule has 0 spiro atoms. The highest BCUT2D eigenvalue weighted by Gasteiger charge is 2.43. The Labute approximate surface area is 312 Å². The fourth-order valence-electron chi connectivity index (χ4n) is 10.5. The third-order valence-electron chi connectivity index (χ3n) is 12.7. The van der Waals surface area contributed by atoms with E-state index in [-0.39, 0.29) is 11.8 Å². The molecule has 0 radical (unpaired) electrons. The first kappa shape index (κ1) is 29.6. The van der Waals surface area contributed by atoms with Gasteiger partial charge in [0.05, 0.1) is 17.7 Å². The number of fused-ring (bicyclic) bond motifs is 11. The molecule has 0 heterocycles. The fourth-order valence-corrected chi connectivity index (χ4v) is 10.5. The predicted octanol–water partition coefficient (Wildman–Crippen LogP) is 11.2. The molecule has 0 aliphatic heterocycles. The molecule has 2 nitrogen and oxygen atoms in total. The molecule has 0 saturated heterocycles. The van der Waals surface area contributed by atoms with Crippen molar-refractivity contribution in [3.8, 4) is 34.4 Å². The number of hydrogen-bond donors (Lipinski definition) is 0. The van der Waals surface area contributed by atoms with Gasteiger partial charge in [-0.15, -0.1) is 0 Å². The molecule has 0 bridgehead atoms. The Kier molecular flexibility index (Phi) is 5.90. The van der Waals surface area contributed by atoms with E-state index >= 15 is 0 Å². The third kappa shape index (κ3) is 3.82. The van der Waals surface area contributed by atoms with Crippen LogP contribution in [0.3, 0.4) is 0 Å². The van der Waals surface area contributed by atoms with E-state index in [2.05, 4.69) is 140 Å². The van der Waals surface area contributed by atoms with Crippen molar-refractivity contribution < 1.29 is 0 Å². The fraction of sp³-hybridized carbons (Fsp3) is 0.0769. The van der Waals surface area contributed by atoms with Crippen LogP contribution in [0.4, 0.5) is 0 Å². The first-order valence-corrected chi connectivity index (χ1v) is 18.8. The first-order valence-electron chi connectivity index (χ1n) is 18.8. The number of nitriles is 2. The Bertz CT molecular complexity index is 3340. The average Bonchev–Trinajstić information content (AvgIpc) is 3.72. The topological polar surface area (TPSA) is 47.6 Å². The van der Waals surface area contributed by atoms with Crippen molar-refractivity contribution in [3.63, 3.8) is 0 Å². The lowest BCUT2D eigenvalue weighted by Crippen LogP contribution is -2.39. The number of hydrogen-bond acceptors (Lipinski definition) is 2. The molecule has 2 heteroatoms. The van der Waals surface area contributed by atoms with Crippen molar-refractivity contribution in [1.29, 1.82) is 10.5 Å². The smallest absolute Gasteiger partial charge is 0.0991 e. The van der Waals surface area contributed by atoms with Crippen LogP contribution >= 0.6 is 0 Å². The van der Waals surface area contributed by atoms with E-state index in [1.807, 2.05) is 18.2 Å². The van der Waals surface area contributed by atoms with Gasteiger partial charge in [-0.2, -0.15) is 10.5 Å². The van der Waals surface area contributed by atoms with Gasteiger partial charge in [0.2, 0.25) is 0 Å². The Morgan fingerprint density at radius 2 is 1.11 bits per heavy atom. The molecule has 4 aliphatic carbocycles. The molecular formula is C52H30N2. The standard InChI is InChI=1S/C52H30N2/c53-27-29-15-19-31(20-16-29)47-45-26-42-41(39-13-5-11-37-35-9-3-1-7-33(35)23-43(42)49(37)39)25-44(45)48(32-21-17-30(28-54)18-22-32)52-46-24-34-8-2-4-10-36(34)38-12-6-14-40(50(38)46)51(47)52/h1-15,17-19,21-26,51-52H,16,20H2. The van der Waals surface area contributed by atoms with Gasteiger partial charge in [0, 0.05) is 17.4 Å². The van der Waals surface area contributed by atoms with Crippen LogP contribution in [-0.2, 0) is 0 Å². The second-order valence-corrected chi connectivity index (χ2v) is 15.2. The van der Waals surface area contributed by atoms with Crippen molar-refractivity contribution in [2.45, 2.75) is 24.7 Å². The molecule has 2 unspecified atom stereocenters. The summed E-state index contributed by atoms with van der Waals surface area (Å²) in [4.78, 5) is 0. The van der Waals surface area contributed by atoms with Crippen molar-refractivity contribution in [1.82, 2.24) is 0 Å². The van der Waals surface area contributed by atoms with Crippen LogP contribution in [0.2, 0.25) is 0 Å². The van der Waals surface area contributed by atoms with Gasteiger partial charge in [0.25, 0.3) is 0 Å². The Hall–Kier alpha value is -7.00. The number of allylic oxidation sites excluding steroid dienone is 4. The molecule has 0 saturated carbocycles. The van der Waals surface area contributed by atoms with Crippen LogP contribution in [0.1, 0.15) is 46.9 Å². The molecule has 0 aromatic heterocycles. The second kappa shape index (κ2) is 10.8. The minimum Gasteiger partial charge on any atom is -0.193 e. The SMILES string of the molecule is N#CC1=CC=C(C2=c3cc4c(cc3=C(c3ccc(C#N)cc3)C3c5cc6ccccc6c6cccc(c56)C23)-c2cccc3c2c-4cc2ccccc23)CC1. The van der Waals surface area contributed by atoms with Crippen molar-refractivity contribution in [2.75, 3.05) is 0 Å². The maximum Gasteiger partial charge on any atom is 0.0991 e. The van der Waals surface area contributed by atoms with E-state index in [0.29, 0.717) is 5.56 Å². The van der Waals surface area contributed by atoms with Gasteiger partial charge < -0.3 is 0 Å². The molecule has 4 aliphatic rings. The van der Waals surface area contributed by atoms with Gasteiger partial charge in [-0.3, -0.25) is 0 Å². The number of rotatable bonds is 2. The van der Waals surface area contributed by atoms with Gasteiger partial charge in [-0.25, -0.2) is 0 Å². The summed E-state index contributed by atoms with van der Waals surface area (Å²) >= 11 is 0. The van der Waals surface area contributed by atoms with E-state index < -0.39 is 0 Å². The van der Waals surface area contributed by atoms with Crippen LogP contribution in [0.25, 0.3) is 76.5 Å². The zero-order valence-corrected chi connectivity index (χ0v) is 29.3. The van der Waals surface area contributed by atoms with Crippen molar-refractivity contribution >= 4 is 54.2 Å². The molecule has 0 amide bonds. The van der Waals surface area contributed by atoms with Crippen molar-refractivity contribution in [3.05, 3.63) is 189 Å². The summed E-state index contributed by atoms with van der Waals surface area (Å²) in [5.74, 6) is 0.146. The molecule has 8 aromatic carbocycles. The highest BCUT2D eigenvalue weighted by atomic mass is 14.5. The Morgan fingerprint density at radius 1 is 0.463 bits per heavy atom. The molecular weight excluding hydrogens is 653 g/mol. The summed E-state index contributed by atoms with van der Waals surface area (Å²) in [6, 6.07) is 54.2. The largest absolute Gasteiger partial charge is 0.193 e. The lowest BCUT2D eigenvalue weighted by Gasteiger charge is -2.34. The predicted molar refractivity (Wildman–Crippen MR) is 220 cm³/mol. The van der Waals surface area contributed by atoms with E-state index in [9.17, 15) is 10.5 Å². The molecule has 248 valence electrons. The van der Waals surface area contributed by atoms with Crippen molar-refractivity contribution in [2.24, 2.45) is 0 Å². The summed E-state index contributed by atoms with van der Waals surface area (Å²) in [5, 5.41) is 32.6. The van der Waals surface area contributed by atoms with Gasteiger partial charge >= 0.3 is 0 Å². The monoisotopic (exact) mass is 682 g/mol. The van der Waals surface area contributed by atoms with Gasteiger partial charge in [-0.05, 0) is 165 Å². The molecule has 54 heavy (non-hydrogen) atoms. The highest BCUT2D eigenvalue weighted by Crippen LogP contribution is 2.59. The highest BCUT2D eigenvalue weighted by molar-refractivity contribution is 6.23. The van der Waals surface area contributed by atoms with E-state index in [0.717, 1.165) is 24.0 Å². The molecule has 0 fully saturated rings. The quantitative estimate of drug-likeness (QED) is 0.170. The minimum atomic E-state index is 0.0624. The summed E-state index contributed by atoms with van der Waals surface area (Å²) in [6.07, 6.45) is 5.86. The molecule has 2 atom stereocenters. The van der Waals surface area contributed by atoms with Crippen LogP contribution in [0.15, 0.2) is 157 Å². The Balaban J connectivity index is 1.28. The van der Waals surface area contributed by atoms with Gasteiger partial charge in [-0.1, -0.05) is 103 Å². The molecule has 0 N–H and O–H groups in total. The Morgan fingerprint density at radius 3 is 1.83 bits per heavy atom. The molecule has 8 aromatic rings. The van der Waals surface area contributed by atoms with E-state index in [1.165, 1.54) is 104 Å². The summed E-state index contributed by atoms with van der Waals surface area (Å²) in [6.45, 7) is 0. The van der Waals surface area contributed by atoms with E-state index in [4.69, 9.17) is 0 Å². The first-order chi connectivity index (χ1) is 26.7. The zero-order chi connectivity index (χ0) is 35.7. The normalized spacial score (nSPS) is 17.6. The van der Waals surface area contributed by atoms with Crippen LogP contribution in [0.5, 0.6) is 0 Å². The number of nitrogens with zero attached hydrogens (tertiary/aromatic N) is 2. The summed E-state index contributed by atoms with van der Waals surface area (Å²) < 4.78 is 0. The van der Waals surface area contributed by atoms with E-state index in [1.54, 1.807) is 0 Å². The number of benzene rings is 8. The maximum absolute atomic E-state index is 9.87. The second-order valence-electron chi connectivity index (χ2n) is 15.2. The summed E-state index contributed by atoms with van der Waals surface area (Å²) in [7, 11) is 0. The minimum absolute atomic E-state index is 0.0624. The third-order valence-corrected chi connectivity index (χ3v) is 12.7. The van der Waals surface area contributed by atoms with Crippen LogP contribution in [-0.4, -0.2) is 0 Å². The molecule has 12 rings (SSSR count). The van der Waals surface area contributed by atoms with Crippen LogP contribution < -0.4 is 10.4 Å². The van der Waals surface area contributed by atoms with Gasteiger partial charge in [0.1, 0.15) is 0 Å².